The number of aryl methyl sites for hydroxylation is 1. The molecular weight excluding hydrogens is 386 g/mol. The van der Waals surface area contributed by atoms with Gasteiger partial charge in [-0.2, -0.15) is 0 Å². The molecule has 2 aliphatic carbocycles. The summed E-state index contributed by atoms with van der Waals surface area (Å²) in [5, 5.41) is 3.45. The van der Waals surface area contributed by atoms with Crippen LogP contribution in [0.3, 0.4) is 0 Å². The summed E-state index contributed by atoms with van der Waals surface area (Å²) in [4.78, 5) is 0. The van der Waals surface area contributed by atoms with E-state index in [0.29, 0.717) is 0 Å². The number of nitrogens with one attached hydrogen (secondary N) is 1. The first-order chi connectivity index (χ1) is 15.7. The van der Waals surface area contributed by atoms with E-state index < -0.39 is 0 Å². The molecule has 0 spiro atoms. The van der Waals surface area contributed by atoms with Crippen molar-refractivity contribution in [1.82, 2.24) is 5.32 Å². The van der Waals surface area contributed by atoms with Crippen molar-refractivity contribution in [3.63, 3.8) is 0 Å². The molecule has 1 N–H and O–H groups in total. The highest BCUT2D eigenvalue weighted by Gasteiger charge is 2.23. The number of benzene rings is 2. The van der Waals surface area contributed by atoms with Gasteiger partial charge in [-0.3, -0.25) is 0 Å². The summed E-state index contributed by atoms with van der Waals surface area (Å²) in [6, 6.07) is 17.6. The smallest absolute Gasteiger partial charge is 0.00644 e. The van der Waals surface area contributed by atoms with E-state index in [1.807, 2.05) is 0 Å². The lowest BCUT2D eigenvalue weighted by Crippen LogP contribution is -2.29. The molecule has 0 bridgehead atoms. The topological polar surface area (TPSA) is 12.0 Å². The Balaban J connectivity index is 1.35. The number of hydrogen-bond donors (Lipinski definition) is 1. The largest absolute Gasteiger partial charge is 0.317 e. The van der Waals surface area contributed by atoms with Crippen molar-refractivity contribution >= 4 is 0 Å². The summed E-state index contributed by atoms with van der Waals surface area (Å²) in [6.45, 7) is 4.62. The van der Waals surface area contributed by atoms with E-state index in [1.54, 1.807) is 5.56 Å². The maximum Gasteiger partial charge on any atom is 0.00644 e. The Morgan fingerprint density at radius 3 is 2.00 bits per heavy atom. The molecule has 0 unspecified atom stereocenters. The average molecular weight is 432 g/mol. The number of rotatable bonds is 8. The van der Waals surface area contributed by atoms with Gasteiger partial charge in [0.2, 0.25) is 0 Å². The predicted octanol–water partition coefficient (Wildman–Crippen LogP) is 8.76. The molecule has 32 heavy (non-hydrogen) atoms. The van der Waals surface area contributed by atoms with Crippen LogP contribution in [-0.2, 0) is 0 Å². The monoisotopic (exact) mass is 431 g/mol. The van der Waals surface area contributed by atoms with Crippen LogP contribution in [0.2, 0.25) is 0 Å². The maximum absolute atomic E-state index is 3.45. The summed E-state index contributed by atoms with van der Waals surface area (Å²) in [5.74, 6) is 2.51. The second-order valence-corrected chi connectivity index (χ2v) is 10.7. The molecule has 2 aliphatic rings. The molecule has 1 heteroatoms. The van der Waals surface area contributed by atoms with Gasteiger partial charge in [0.1, 0.15) is 0 Å². The molecule has 0 saturated heterocycles. The second-order valence-electron chi connectivity index (χ2n) is 10.7. The van der Waals surface area contributed by atoms with Crippen molar-refractivity contribution in [3.05, 3.63) is 59.2 Å². The van der Waals surface area contributed by atoms with Gasteiger partial charge in [0.25, 0.3) is 0 Å². The highest BCUT2D eigenvalue weighted by atomic mass is 14.9. The summed E-state index contributed by atoms with van der Waals surface area (Å²) >= 11 is 0. The van der Waals surface area contributed by atoms with E-state index >= 15 is 0 Å². The van der Waals surface area contributed by atoms with Crippen molar-refractivity contribution in [2.24, 2.45) is 5.92 Å². The second kappa shape index (κ2) is 11.5. The van der Waals surface area contributed by atoms with Crippen molar-refractivity contribution in [1.29, 1.82) is 0 Å². The third-order valence-electron chi connectivity index (χ3n) is 8.61. The number of unbranched alkanes of at least 4 members (excludes halogenated alkanes) is 2. The van der Waals surface area contributed by atoms with E-state index in [1.165, 1.54) is 99.3 Å². The fourth-order valence-corrected chi connectivity index (χ4v) is 6.38. The third-order valence-corrected chi connectivity index (χ3v) is 8.61. The molecule has 2 fully saturated rings. The van der Waals surface area contributed by atoms with Crippen LogP contribution in [-0.4, -0.2) is 13.1 Å². The lowest BCUT2D eigenvalue weighted by Gasteiger charge is -2.29. The fraction of sp³-hybridized carbons (Fsp3) is 0.613. The van der Waals surface area contributed by atoms with Crippen LogP contribution in [0, 0.1) is 12.8 Å². The molecule has 2 saturated carbocycles. The van der Waals surface area contributed by atoms with Crippen molar-refractivity contribution in [3.8, 4) is 11.1 Å². The molecule has 0 aromatic heterocycles. The van der Waals surface area contributed by atoms with Crippen LogP contribution in [0.5, 0.6) is 0 Å². The van der Waals surface area contributed by atoms with Crippen LogP contribution >= 0.6 is 0 Å². The minimum atomic E-state index is 0.725. The first-order valence-electron chi connectivity index (χ1n) is 13.6. The van der Waals surface area contributed by atoms with Gasteiger partial charge < -0.3 is 5.32 Å². The van der Waals surface area contributed by atoms with Gasteiger partial charge in [-0.25, -0.2) is 0 Å². The molecule has 2 aromatic carbocycles. The highest BCUT2D eigenvalue weighted by Crippen LogP contribution is 2.39. The lowest BCUT2D eigenvalue weighted by molar-refractivity contribution is 0.303. The van der Waals surface area contributed by atoms with E-state index in [2.05, 4.69) is 68.7 Å². The Morgan fingerprint density at radius 1 is 0.750 bits per heavy atom. The van der Waals surface area contributed by atoms with E-state index in [9.17, 15) is 0 Å². The Morgan fingerprint density at radius 2 is 1.38 bits per heavy atom. The fourth-order valence-electron chi connectivity index (χ4n) is 6.38. The first kappa shape index (κ1) is 23.6. The van der Waals surface area contributed by atoms with Gasteiger partial charge in [0, 0.05) is 6.04 Å². The lowest BCUT2D eigenvalue weighted by atomic mass is 9.76. The minimum absolute atomic E-state index is 0.725. The molecule has 0 radical (unpaired) electrons. The standard InChI is InChI=1S/C31H45N/c1-4-5-6-7-24-8-10-27(11-9-24)29-18-21-31(23(2)22-29)28-14-12-25(13-15-28)26-16-19-30(32-3)20-17-26/h12-15,18,21-22,24,26-27,30,32H,4-11,16-17,19-20H2,1-3H3. The van der Waals surface area contributed by atoms with Crippen molar-refractivity contribution < 1.29 is 0 Å². The maximum atomic E-state index is 3.45. The van der Waals surface area contributed by atoms with E-state index in [-0.39, 0.29) is 0 Å². The molecule has 0 aliphatic heterocycles. The van der Waals surface area contributed by atoms with Gasteiger partial charge >= 0.3 is 0 Å². The first-order valence-corrected chi connectivity index (χ1v) is 13.6. The van der Waals surface area contributed by atoms with Crippen molar-refractivity contribution in [2.75, 3.05) is 7.05 Å². The van der Waals surface area contributed by atoms with Gasteiger partial charge in [0.05, 0.1) is 0 Å². The Hall–Kier alpha value is -1.60. The average Bonchev–Trinajstić information content (AvgIpc) is 2.85. The normalized spacial score (nSPS) is 26.2. The van der Waals surface area contributed by atoms with Crippen LogP contribution in [0.4, 0.5) is 0 Å². The Kier molecular flexibility index (Phi) is 8.47. The molecule has 2 aromatic rings. The summed E-state index contributed by atoms with van der Waals surface area (Å²) in [5.41, 5.74) is 7.34. The molecule has 174 valence electrons. The minimum Gasteiger partial charge on any atom is -0.317 e. The van der Waals surface area contributed by atoms with E-state index in [0.717, 1.165) is 23.8 Å². The quantitative estimate of drug-likeness (QED) is 0.412. The van der Waals surface area contributed by atoms with Gasteiger partial charge in [-0.15, -0.1) is 0 Å². The highest BCUT2D eigenvalue weighted by molar-refractivity contribution is 5.68. The zero-order valence-corrected chi connectivity index (χ0v) is 20.8. The van der Waals surface area contributed by atoms with E-state index in [4.69, 9.17) is 0 Å². The van der Waals surface area contributed by atoms with Crippen LogP contribution in [0.15, 0.2) is 42.5 Å². The molecule has 0 atom stereocenters. The molecule has 0 heterocycles. The van der Waals surface area contributed by atoms with Crippen molar-refractivity contribution in [2.45, 2.75) is 109 Å². The van der Waals surface area contributed by atoms with Gasteiger partial charge in [0.15, 0.2) is 0 Å². The van der Waals surface area contributed by atoms with Crippen LogP contribution in [0.25, 0.3) is 11.1 Å². The van der Waals surface area contributed by atoms with Crippen LogP contribution < -0.4 is 5.32 Å². The molecule has 4 rings (SSSR count). The number of hydrogen-bond acceptors (Lipinski definition) is 1. The third kappa shape index (κ3) is 5.84. The summed E-state index contributed by atoms with van der Waals surface area (Å²) in [7, 11) is 2.10. The van der Waals surface area contributed by atoms with Gasteiger partial charge in [-0.1, -0.05) is 75.1 Å². The summed E-state index contributed by atoms with van der Waals surface area (Å²) < 4.78 is 0. The molecule has 0 amide bonds. The predicted molar refractivity (Wildman–Crippen MR) is 140 cm³/mol. The summed E-state index contributed by atoms with van der Waals surface area (Å²) in [6.07, 6.45) is 16.6. The zero-order valence-electron chi connectivity index (χ0n) is 20.8. The Labute approximate surface area is 197 Å². The molecule has 1 nitrogen and oxygen atoms in total. The van der Waals surface area contributed by atoms with Gasteiger partial charge in [-0.05, 0) is 111 Å². The molecular formula is C31H45N. The SMILES string of the molecule is CCCCCC1CCC(c2ccc(-c3ccc(C4CCC(NC)CC4)cc3)c(C)c2)CC1. The Bertz CT molecular complexity index is 820. The zero-order chi connectivity index (χ0) is 22.3. The van der Waals surface area contributed by atoms with Crippen LogP contribution in [0.1, 0.15) is 112 Å².